The Labute approximate surface area is 246 Å². The summed E-state index contributed by atoms with van der Waals surface area (Å²) in [7, 11) is 0. The number of hydrogen-bond acceptors (Lipinski definition) is 1. The van der Waals surface area contributed by atoms with Gasteiger partial charge in [0.05, 0.1) is 22.1 Å². The van der Waals surface area contributed by atoms with Crippen molar-refractivity contribution in [2.45, 2.75) is 0 Å². The summed E-state index contributed by atoms with van der Waals surface area (Å²) in [5, 5.41) is 9.85. The van der Waals surface area contributed by atoms with Crippen LogP contribution in [0.25, 0.3) is 87.7 Å². The fourth-order valence-corrected chi connectivity index (χ4v) is 7.24. The van der Waals surface area contributed by atoms with E-state index in [2.05, 4.69) is 143 Å². The fraction of sp³-hybridized carbons (Fsp3) is 0. The smallest absolute Gasteiger partial charge is 0.135 e. The largest absolute Gasteiger partial charge is 0.456 e. The summed E-state index contributed by atoms with van der Waals surface area (Å²) >= 11 is 0. The molecule has 0 aliphatic rings. The SMILES string of the molecule is c1ccc(-n2c3ccccc3c3c4cc5c6ccccc6n(-c6ccc7oc8ccccc8c7c6)c5cc4ccc32)cc1. The Morgan fingerprint density at radius 3 is 1.88 bits per heavy atom. The number of furan rings is 1. The van der Waals surface area contributed by atoms with E-state index in [1.807, 2.05) is 12.1 Å². The van der Waals surface area contributed by atoms with Gasteiger partial charge in [-0.1, -0.05) is 78.9 Å². The van der Waals surface area contributed by atoms with Crippen LogP contribution >= 0.6 is 0 Å². The lowest BCUT2D eigenvalue weighted by molar-refractivity contribution is 0.669. The second kappa shape index (κ2) is 8.37. The number of aromatic nitrogens is 2. The molecule has 7 aromatic carbocycles. The minimum Gasteiger partial charge on any atom is -0.456 e. The quantitative estimate of drug-likeness (QED) is 0.211. The minimum atomic E-state index is 0.911. The molecule has 200 valence electrons. The van der Waals surface area contributed by atoms with E-state index in [0.29, 0.717) is 0 Å². The van der Waals surface area contributed by atoms with Gasteiger partial charge in [-0.25, -0.2) is 0 Å². The third kappa shape index (κ3) is 3.08. The molecule has 0 N–H and O–H groups in total. The Bertz CT molecular complexity index is 2720. The van der Waals surface area contributed by atoms with Crippen LogP contribution in [0, 0.1) is 0 Å². The van der Waals surface area contributed by atoms with Gasteiger partial charge in [-0.05, 0) is 77.5 Å². The monoisotopic (exact) mass is 548 g/mol. The van der Waals surface area contributed by atoms with Crippen LogP contribution < -0.4 is 0 Å². The maximum atomic E-state index is 6.16. The normalized spacial score (nSPS) is 12.2. The first-order valence-electron chi connectivity index (χ1n) is 14.7. The van der Waals surface area contributed by atoms with E-state index in [-0.39, 0.29) is 0 Å². The topological polar surface area (TPSA) is 23.0 Å². The molecule has 0 radical (unpaired) electrons. The molecule has 0 bridgehead atoms. The summed E-state index contributed by atoms with van der Waals surface area (Å²) in [5.41, 5.74) is 8.98. The molecule has 10 rings (SSSR count). The third-order valence-electron chi connectivity index (χ3n) is 9.08. The predicted octanol–water partition coefficient (Wildman–Crippen LogP) is 10.9. The average Bonchev–Trinajstić information content (AvgIpc) is 3.71. The van der Waals surface area contributed by atoms with E-state index in [9.17, 15) is 0 Å². The Morgan fingerprint density at radius 1 is 0.349 bits per heavy atom. The van der Waals surface area contributed by atoms with Crippen molar-refractivity contribution in [1.29, 1.82) is 0 Å². The molecule has 10 aromatic rings. The van der Waals surface area contributed by atoms with Gasteiger partial charge in [-0.15, -0.1) is 0 Å². The van der Waals surface area contributed by atoms with Gasteiger partial charge < -0.3 is 13.6 Å². The Hall–Kier alpha value is -5.80. The third-order valence-corrected chi connectivity index (χ3v) is 9.08. The van der Waals surface area contributed by atoms with E-state index in [1.54, 1.807) is 0 Å². The number of benzene rings is 7. The zero-order chi connectivity index (χ0) is 28.1. The first-order valence-corrected chi connectivity index (χ1v) is 14.7. The van der Waals surface area contributed by atoms with Crippen molar-refractivity contribution in [3.05, 3.63) is 146 Å². The molecule has 0 saturated carbocycles. The molecule has 0 spiro atoms. The zero-order valence-electron chi connectivity index (χ0n) is 23.2. The number of fused-ring (bicyclic) bond motifs is 11. The molecule has 0 unspecified atom stereocenters. The van der Waals surface area contributed by atoms with Crippen molar-refractivity contribution < 1.29 is 4.42 Å². The van der Waals surface area contributed by atoms with Gasteiger partial charge >= 0.3 is 0 Å². The lowest BCUT2D eigenvalue weighted by Gasteiger charge is -2.10. The van der Waals surface area contributed by atoms with E-state index < -0.39 is 0 Å². The average molecular weight is 549 g/mol. The van der Waals surface area contributed by atoms with Gasteiger partial charge in [0.15, 0.2) is 0 Å². The molecule has 0 aliphatic carbocycles. The van der Waals surface area contributed by atoms with Crippen molar-refractivity contribution in [1.82, 2.24) is 9.13 Å². The highest BCUT2D eigenvalue weighted by Crippen LogP contribution is 2.41. The van der Waals surface area contributed by atoms with Gasteiger partial charge in [-0.2, -0.15) is 0 Å². The number of rotatable bonds is 2. The van der Waals surface area contributed by atoms with Gasteiger partial charge in [0, 0.05) is 43.7 Å². The first-order chi connectivity index (χ1) is 21.3. The molecule has 3 nitrogen and oxygen atoms in total. The van der Waals surface area contributed by atoms with Crippen LogP contribution in [-0.4, -0.2) is 9.13 Å². The van der Waals surface area contributed by atoms with Gasteiger partial charge in [-0.3, -0.25) is 0 Å². The maximum absolute atomic E-state index is 6.16. The molecular formula is C40H24N2O. The molecule has 3 heteroatoms. The van der Waals surface area contributed by atoms with Crippen molar-refractivity contribution in [2.24, 2.45) is 0 Å². The summed E-state index contributed by atoms with van der Waals surface area (Å²) in [6, 6.07) is 52.4. The lowest BCUT2D eigenvalue weighted by Crippen LogP contribution is -1.94. The summed E-state index contributed by atoms with van der Waals surface area (Å²) in [6.45, 7) is 0. The van der Waals surface area contributed by atoms with Crippen LogP contribution in [0.5, 0.6) is 0 Å². The molecule has 0 atom stereocenters. The molecule has 43 heavy (non-hydrogen) atoms. The summed E-state index contributed by atoms with van der Waals surface area (Å²) in [4.78, 5) is 0. The summed E-state index contributed by atoms with van der Waals surface area (Å²) in [5.74, 6) is 0. The Kier molecular flexibility index (Phi) is 4.45. The van der Waals surface area contributed by atoms with Crippen LogP contribution in [0.4, 0.5) is 0 Å². The van der Waals surface area contributed by atoms with E-state index in [1.165, 1.54) is 60.1 Å². The zero-order valence-corrected chi connectivity index (χ0v) is 23.2. The standard InChI is InChI=1S/C40H24N2O/c1-2-10-26(11-3-1)41-35-16-8-5-14-30(35)40-31-24-32-28-12-4-7-15-34(28)42(37(32)22-25(31)18-20-36(40)41)27-19-21-39-33(23-27)29-13-6-9-17-38(29)43-39/h1-24H. The van der Waals surface area contributed by atoms with Gasteiger partial charge in [0.2, 0.25) is 0 Å². The van der Waals surface area contributed by atoms with Crippen LogP contribution in [0.15, 0.2) is 150 Å². The Morgan fingerprint density at radius 2 is 1.02 bits per heavy atom. The van der Waals surface area contributed by atoms with Crippen LogP contribution in [-0.2, 0) is 0 Å². The molecule has 3 aromatic heterocycles. The molecule has 3 heterocycles. The first kappa shape index (κ1) is 22.8. The molecule has 0 aliphatic heterocycles. The van der Waals surface area contributed by atoms with Crippen molar-refractivity contribution in [3.8, 4) is 11.4 Å². The summed E-state index contributed by atoms with van der Waals surface area (Å²) < 4.78 is 11.0. The highest BCUT2D eigenvalue weighted by Gasteiger charge is 2.18. The van der Waals surface area contributed by atoms with Crippen molar-refractivity contribution in [2.75, 3.05) is 0 Å². The van der Waals surface area contributed by atoms with Crippen LogP contribution in [0.2, 0.25) is 0 Å². The lowest BCUT2D eigenvalue weighted by atomic mass is 10.0. The maximum Gasteiger partial charge on any atom is 0.135 e. The number of hydrogen-bond donors (Lipinski definition) is 0. The van der Waals surface area contributed by atoms with E-state index in [4.69, 9.17) is 4.42 Å². The highest BCUT2D eigenvalue weighted by molar-refractivity contribution is 6.25. The van der Waals surface area contributed by atoms with Crippen LogP contribution in [0.1, 0.15) is 0 Å². The highest BCUT2D eigenvalue weighted by atomic mass is 16.3. The van der Waals surface area contributed by atoms with Crippen molar-refractivity contribution in [3.63, 3.8) is 0 Å². The predicted molar refractivity (Wildman–Crippen MR) is 180 cm³/mol. The summed E-state index contributed by atoms with van der Waals surface area (Å²) in [6.07, 6.45) is 0. The second-order valence-electron chi connectivity index (χ2n) is 11.4. The fourth-order valence-electron chi connectivity index (χ4n) is 7.24. The Balaban J connectivity index is 1.32. The molecule has 0 saturated heterocycles. The number of nitrogens with zero attached hydrogens (tertiary/aromatic N) is 2. The number of para-hydroxylation sites is 4. The molecular weight excluding hydrogens is 524 g/mol. The molecule has 0 amide bonds. The van der Waals surface area contributed by atoms with Gasteiger partial charge in [0.25, 0.3) is 0 Å². The van der Waals surface area contributed by atoms with Gasteiger partial charge in [0.1, 0.15) is 11.2 Å². The van der Waals surface area contributed by atoms with E-state index >= 15 is 0 Å². The second-order valence-corrected chi connectivity index (χ2v) is 11.4. The van der Waals surface area contributed by atoms with Crippen LogP contribution in [0.3, 0.4) is 0 Å². The molecule has 0 fully saturated rings. The van der Waals surface area contributed by atoms with Crippen molar-refractivity contribution >= 4 is 76.3 Å². The van der Waals surface area contributed by atoms with E-state index in [0.717, 1.165) is 27.6 Å². The minimum absolute atomic E-state index is 0.911.